The second-order valence-corrected chi connectivity index (χ2v) is 6.76. The lowest BCUT2D eigenvalue weighted by atomic mass is 9.83. The van der Waals surface area contributed by atoms with Gasteiger partial charge in [0, 0.05) is 6.54 Å². The average Bonchev–Trinajstić information content (AvgIpc) is 2.98. The van der Waals surface area contributed by atoms with E-state index in [0.29, 0.717) is 17.1 Å². The second kappa shape index (κ2) is 4.55. The minimum Gasteiger partial charge on any atom is -0.372 e. The van der Waals surface area contributed by atoms with Crippen LogP contribution in [-0.4, -0.2) is 25.3 Å². The van der Waals surface area contributed by atoms with Gasteiger partial charge in [0.15, 0.2) is 0 Å². The molecule has 3 aliphatic rings. The minimum atomic E-state index is 0.318. The summed E-state index contributed by atoms with van der Waals surface area (Å²) in [6.45, 7) is 1.19. The van der Waals surface area contributed by atoms with Gasteiger partial charge in [-0.3, -0.25) is 0 Å². The monoisotopic (exact) mass is 237 g/mol. The van der Waals surface area contributed by atoms with Gasteiger partial charge in [-0.25, -0.2) is 0 Å². The first-order valence-electron chi connectivity index (χ1n) is 7.58. The van der Waals surface area contributed by atoms with Crippen LogP contribution >= 0.6 is 0 Å². The first kappa shape index (κ1) is 12.0. The molecular formula is C15H27NO. The Kier molecular flexibility index (Phi) is 3.20. The highest BCUT2D eigenvalue weighted by molar-refractivity contribution is 4.99. The highest BCUT2D eigenvalue weighted by Crippen LogP contribution is 2.52. The summed E-state index contributed by atoms with van der Waals surface area (Å²) in [5.41, 5.74) is 0.929. The zero-order valence-electron chi connectivity index (χ0n) is 11.3. The van der Waals surface area contributed by atoms with Crippen molar-refractivity contribution < 1.29 is 4.74 Å². The van der Waals surface area contributed by atoms with E-state index in [4.69, 9.17) is 4.74 Å². The Labute approximate surface area is 105 Å². The van der Waals surface area contributed by atoms with E-state index in [0.717, 1.165) is 0 Å². The summed E-state index contributed by atoms with van der Waals surface area (Å²) < 4.78 is 6.48. The maximum atomic E-state index is 6.48. The summed E-state index contributed by atoms with van der Waals surface area (Å²) in [7, 11) is 2.08. The van der Waals surface area contributed by atoms with E-state index >= 15 is 0 Å². The van der Waals surface area contributed by atoms with Gasteiger partial charge >= 0.3 is 0 Å². The van der Waals surface area contributed by atoms with E-state index in [2.05, 4.69) is 12.4 Å². The van der Waals surface area contributed by atoms with Gasteiger partial charge in [0.1, 0.15) is 0 Å². The zero-order valence-corrected chi connectivity index (χ0v) is 11.3. The standard InChI is InChI=1S/C15H27NO/c1-16-12-14(9-10-14)11-13-5-8-15(17-13)6-3-2-4-7-15/h13,16H,2-12H2,1H3. The molecule has 1 spiro atoms. The van der Waals surface area contributed by atoms with E-state index in [1.54, 1.807) is 0 Å². The van der Waals surface area contributed by atoms with Crippen LogP contribution in [-0.2, 0) is 4.74 Å². The highest BCUT2D eigenvalue weighted by Gasteiger charge is 2.48. The average molecular weight is 237 g/mol. The van der Waals surface area contributed by atoms with Crippen molar-refractivity contribution in [2.24, 2.45) is 5.41 Å². The predicted octanol–water partition coefficient (Wildman–Crippen LogP) is 3.26. The van der Waals surface area contributed by atoms with Crippen molar-refractivity contribution in [2.45, 2.75) is 75.9 Å². The molecule has 1 aliphatic heterocycles. The Balaban J connectivity index is 1.53. The van der Waals surface area contributed by atoms with Crippen molar-refractivity contribution >= 4 is 0 Å². The van der Waals surface area contributed by atoms with E-state index in [-0.39, 0.29) is 0 Å². The molecule has 1 atom stereocenters. The molecule has 98 valence electrons. The van der Waals surface area contributed by atoms with Gasteiger partial charge in [-0.1, -0.05) is 19.3 Å². The molecule has 2 saturated carbocycles. The van der Waals surface area contributed by atoms with Crippen molar-refractivity contribution in [3.8, 4) is 0 Å². The lowest BCUT2D eigenvalue weighted by Gasteiger charge is -2.34. The van der Waals surface area contributed by atoms with E-state index in [1.807, 2.05) is 0 Å². The van der Waals surface area contributed by atoms with Crippen LogP contribution in [0.1, 0.15) is 64.2 Å². The molecule has 2 heteroatoms. The van der Waals surface area contributed by atoms with Gasteiger partial charge in [-0.2, -0.15) is 0 Å². The number of rotatable bonds is 4. The highest BCUT2D eigenvalue weighted by atomic mass is 16.5. The lowest BCUT2D eigenvalue weighted by Crippen LogP contribution is -2.33. The van der Waals surface area contributed by atoms with Crippen LogP contribution in [0.4, 0.5) is 0 Å². The molecule has 0 amide bonds. The molecular weight excluding hydrogens is 210 g/mol. The molecule has 0 aromatic rings. The van der Waals surface area contributed by atoms with Crippen molar-refractivity contribution in [1.82, 2.24) is 5.32 Å². The number of ether oxygens (including phenoxy) is 1. The van der Waals surface area contributed by atoms with Crippen LogP contribution in [0.3, 0.4) is 0 Å². The van der Waals surface area contributed by atoms with Gasteiger partial charge in [0.2, 0.25) is 0 Å². The number of hydrogen-bond donors (Lipinski definition) is 1. The summed E-state index contributed by atoms with van der Waals surface area (Å²) in [5.74, 6) is 0. The van der Waals surface area contributed by atoms with Crippen molar-refractivity contribution in [3.63, 3.8) is 0 Å². The molecule has 3 fully saturated rings. The minimum absolute atomic E-state index is 0.318. The Morgan fingerprint density at radius 2 is 1.82 bits per heavy atom. The Morgan fingerprint density at radius 3 is 2.47 bits per heavy atom. The van der Waals surface area contributed by atoms with Crippen molar-refractivity contribution in [1.29, 1.82) is 0 Å². The number of nitrogens with one attached hydrogen (secondary N) is 1. The molecule has 2 aliphatic carbocycles. The first-order valence-corrected chi connectivity index (χ1v) is 7.58. The Morgan fingerprint density at radius 1 is 1.06 bits per heavy atom. The van der Waals surface area contributed by atoms with E-state index in [9.17, 15) is 0 Å². The Bertz CT molecular complexity index is 266. The predicted molar refractivity (Wildman–Crippen MR) is 70.1 cm³/mol. The third-order valence-corrected chi connectivity index (χ3v) is 5.27. The SMILES string of the molecule is CNCC1(CC2CCC3(CCCCC3)O2)CC1. The summed E-state index contributed by atoms with van der Waals surface area (Å²) in [6, 6.07) is 0. The van der Waals surface area contributed by atoms with Gasteiger partial charge in [-0.15, -0.1) is 0 Å². The molecule has 1 saturated heterocycles. The fourth-order valence-corrected chi connectivity index (χ4v) is 4.09. The second-order valence-electron chi connectivity index (χ2n) is 6.76. The smallest absolute Gasteiger partial charge is 0.0687 e. The molecule has 0 aromatic heterocycles. The fourth-order valence-electron chi connectivity index (χ4n) is 4.09. The van der Waals surface area contributed by atoms with E-state index in [1.165, 1.54) is 70.8 Å². The largest absolute Gasteiger partial charge is 0.372 e. The molecule has 2 nitrogen and oxygen atoms in total. The zero-order chi connectivity index (χ0) is 11.8. The maximum absolute atomic E-state index is 6.48. The first-order chi connectivity index (χ1) is 8.26. The quantitative estimate of drug-likeness (QED) is 0.810. The molecule has 1 unspecified atom stereocenters. The fraction of sp³-hybridized carbons (Fsp3) is 1.00. The third kappa shape index (κ3) is 2.53. The van der Waals surface area contributed by atoms with Gasteiger partial charge in [-0.05, 0) is 57.4 Å². The van der Waals surface area contributed by atoms with Crippen molar-refractivity contribution in [2.75, 3.05) is 13.6 Å². The summed E-state index contributed by atoms with van der Waals surface area (Å²) in [6.07, 6.45) is 14.3. The maximum Gasteiger partial charge on any atom is 0.0687 e. The van der Waals surface area contributed by atoms with Gasteiger partial charge in [0.05, 0.1) is 11.7 Å². The van der Waals surface area contributed by atoms with Gasteiger partial charge < -0.3 is 10.1 Å². The number of hydrogen-bond acceptors (Lipinski definition) is 2. The molecule has 17 heavy (non-hydrogen) atoms. The Hall–Kier alpha value is -0.0800. The van der Waals surface area contributed by atoms with Crippen molar-refractivity contribution in [3.05, 3.63) is 0 Å². The van der Waals surface area contributed by atoms with Crippen LogP contribution in [0.2, 0.25) is 0 Å². The van der Waals surface area contributed by atoms with Gasteiger partial charge in [0.25, 0.3) is 0 Å². The third-order valence-electron chi connectivity index (χ3n) is 5.27. The molecule has 1 N–H and O–H groups in total. The molecule has 0 aromatic carbocycles. The summed E-state index contributed by atoms with van der Waals surface area (Å²) in [5, 5.41) is 3.36. The molecule has 0 radical (unpaired) electrons. The lowest BCUT2D eigenvalue weighted by molar-refractivity contribution is -0.0709. The van der Waals surface area contributed by atoms with Crippen LogP contribution in [0, 0.1) is 5.41 Å². The van der Waals surface area contributed by atoms with Crippen LogP contribution < -0.4 is 5.32 Å². The van der Waals surface area contributed by atoms with Crippen LogP contribution in [0.25, 0.3) is 0 Å². The summed E-state index contributed by atoms with van der Waals surface area (Å²) >= 11 is 0. The normalized spacial score (nSPS) is 34.1. The summed E-state index contributed by atoms with van der Waals surface area (Å²) in [4.78, 5) is 0. The van der Waals surface area contributed by atoms with E-state index < -0.39 is 0 Å². The van der Waals surface area contributed by atoms with Crippen LogP contribution in [0.5, 0.6) is 0 Å². The topological polar surface area (TPSA) is 21.3 Å². The molecule has 3 rings (SSSR count). The molecule has 0 bridgehead atoms. The van der Waals surface area contributed by atoms with Crippen LogP contribution in [0.15, 0.2) is 0 Å². The molecule has 1 heterocycles.